The number of hydrogen-bond donors (Lipinski definition) is 2. The van der Waals surface area contributed by atoms with E-state index in [9.17, 15) is 0 Å². The Morgan fingerprint density at radius 3 is 1.50 bits per heavy atom. The van der Waals surface area contributed by atoms with Gasteiger partial charge in [-0.1, -0.05) is 0 Å². The maximum Gasteiger partial charge on any atom is 0.0604 e. The Bertz CT molecular complexity index is 423. The average molecular weight is 418 g/mol. The highest BCUT2D eigenvalue weighted by molar-refractivity contribution is 4.96. The lowest BCUT2D eigenvalue weighted by molar-refractivity contribution is -0.0647. The molecule has 6 atom stereocenters. The monoisotopic (exact) mass is 417 g/mol. The zero-order valence-electron chi connectivity index (χ0n) is 18.8. The SMILES string of the molecule is C1CC2CC1N2.C1CC2CC1O2.C1CN2CC1C2.C1NCC2CC12.C1OC2CC1C2. The van der Waals surface area contributed by atoms with Crippen LogP contribution in [0.25, 0.3) is 0 Å². The molecule has 4 saturated carbocycles. The normalized spacial score (nSPS) is 52.0. The van der Waals surface area contributed by atoms with E-state index in [4.69, 9.17) is 9.47 Å². The minimum Gasteiger partial charge on any atom is -0.378 e. The van der Waals surface area contributed by atoms with Crippen molar-refractivity contribution in [1.29, 1.82) is 0 Å². The van der Waals surface area contributed by atoms with Crippen molar-refractivity contribution >= 4 is 0 Å². The van der Waals surface area contributed by atoms with Crippen LogP contribution in [0.1, 0.15) is 64.2 Å². The van der Waals surface area contributed by atoms with Crippen LogP contribution in [0.4, 0.5) is 0 Å². The van der Waals surface area contributed by atoms with Crippen LogP contribution in [-0.4, -0.2) is 74.6 Å². The molecule has 8 bridgehead atoms. The number of fused-ring (bicyclic) bond motifs is 5. The molecule has 0 aromatic carbocycles. The first-order valence-electron chi connectivity index (χ1n) is 13.2. The summed E-state index contributed by atoms with van der Waals surface area (Å²) in [6.45, 7) is 7.91. The summed E-state index contributed by atoms with van der Waals surface area (Å²) in [6.07, 6.45) is 16.2. The third kappa shape index (κ3) is 4.91. The number of rotatable bonds is 0. The van der Waals surface area contributed by atoms with Gasteiger partial charge in [-0.2, -0.15) is 0 Å². The van der Waals surface area contributed by atoms with Gasteiger partial charge in [-0.15, -0.1) is 0 Å². The fourth-order valence-electron chi connectivity index (χ4n) is 6.65. The lowest BCUT2D eigenvalue weighted by Crippen LogP contribution is -2.43. The molecular weight excluding hydrogens is 374 g/mol. The van der Waals surface area contributed by atoms with Crippen LogP contribution in [0, 0.1) is 23.7 Å². The summed E-state index contributed by atoms with van der Waals surface area (Å²) in [5.74, 6) is 4.29. The number of nitrogens with zero attached hydrogens (tertiary/aromatic N) is 1. The van der Waals surface area contributed by atoms with Gasteiger partial charge in [0.1, 0.15) is 0 Å². The Hall–Kier alpha value is -0.200. The number of hydrogen-bond acceptors (Lipinski definition) is 5. The highest BCUT2D eigenvalue weighted by Crippen LogP contribution is 2.40. The van der Waals surface area contributed by atoms with E-state index in [-0.39, 0.29) is 0 Å². The second-order valence-electron chi connectivity index (χ2n) is 11.7. The summed E-state index contributed by atoms with van der Waals surface area (Å²) in [7, 11) is 0. The van der Waals surface area contributed by atoms with Crippen molar-refractivity contribution < 1.29 is 9.47 Å². The molecule has 2 N–H and O–H groups in total. The van der Waals surface area contributed by atoms with Gasteiger partial charge in [0, 0.05) is 31.8 Å². The molecule has 10 saturated heterocycles. The fourth-order valence-corrected chi connectivity index (χ4v) is 6.65. The quantitative estimate of drug-likeness (QED) is 0.635. The molecule has 30 heavy (non-hydrogen) atoms. The third-order valence-electron chi connectivity index (χ3n) is 9.15. The van der Waals surface area contributed by atoms with Crippen molar-refractivity contribution in [3.05, 3.63) is 0 Å². The molecule has 5 nitrogen and oxygen atoms in total. The van der Waals surface area contributed by atoms with Gasteiger partial charge in [0.05, 0.1) is 18.3 Å². The number of nitrogens with one attached hydrogen (secondary N) is 2. The summed E-state index contributed by atoms with van der Waals surface area (Å²) in [5, 5.41) is 6.74. The maximum absolute atomic E-state index is 5.25. The molecule has 10 aliphatic heterocycles. The second-order valence-corrected chi connectivity index (χ2v) is 11.7. The molecule has 5 heteroatoms. The summed E-state index contributed by atoms with van der Waals surface area (Å²) >= 11 is 0. The van der Waals surface area contributed by atoms with E-state index in [1.165, 1.54) is 96.9 Å². The van der Waals surface area contributed by atoms with Crippen LogP contribution in [0.15, 0.2) is 0 Å². The van der Waals surface area contributed by atoms with Gasteiger partial charge in [-0.25, -0.2) is 0 Å². The zero-order chi connectivity index (χ0) is 19.9. The van der Waals surface area contributed by atoms with Gasteiger partial charge in [0.2, 0.25) is 0 Å². The number of ether oxygens (including phenoxy) is 2. The molecular formula is C25H43N3O2. The van der Waals surface area contributed by atoms with Gasteiger partial charge in [-0.3, -0.25) is 0 Å². The Morgan fingerprint density at radius 2 is 1.33 bits per heavy atom. The summed E-state index contributed by atoms with van der Waals surface area (Å²) in [5.41, 5.74) is 0. The summed E-state index contributed by atoms with van der Waals surface area (Å²) < 4.78 is 10.5. The Morgan fingerprint density at radius 1 is 0.667 bits per heavy atom. The molecule has 14 aliphatic rings. The van der Waals surface area contributed by atoms with Gasteiger partial charge < -0.3 is 25.0 Å². The van der Waals surface area contributed by atoms with Crippen LogP contribution in [0.3, 0.4) is 0 Å². The highest BCUT2D eigenvalue weighted by Gasteiger charge is 2.40. The fraction of sp³-hybridized carbons (Fsp3) is 1.00. The smallest absolute Gasteiger partial charge is 0.0604 e. The van der Waals surface area contributed by atoms with Gasteiger partial charge in [-0.05, 0) is 108 Å². The lowest BCUT2D eigenvalue weighted by atomic mass is 9.87. The number of piperidine rings is 1. The minimum atomic E-state index is 0.690. The van der Waals surface area contributed by atoms with Gasteiger partial charge in [0.25, 0.3) is 0 Å². The van der Waals surface area contributed by atoms with E-state index in [2.05, 4.69) is 15.5 Å². The van der Waals surface area contributed by atoms with Crippen molar-refractivity contribution in [1.82, 2.24) is 15.5 Å². The molecule has 0 aromatic rings. The largest absolute Gasteiger partial charge is 0.378 e. The van der Waals surface area contributed by atoms with Crippen LogP contribution in [0.2, 0.25) is 0 Å². The van der Waals surface area contributed by atoms with E-state index in [0.717, 1.165) is 42.4 Å². The predicted octanol–water partition coefficient (Wildman–Crippen LogP) is 2.79. The van der Waals surface area contributed by atoms with E-state index in [1.54, 1.807) is 0 Å². The topological polar surface area (TPSA) is 45.8 Å². The molecule has 170 valence electrons. The molecule has 14 fully saturated rings. The van der Waals surface area contributed by atoms with E-state index in [1.807, 2.05) is 0 Å². The van der Waals surface area contributed by atoms with E-state index in [0.29, 0.717) is 18.3 Å². The van der Waals surface area contributed by atoms with Crippen molar-refractivity contribution in [2.24, 2.45) is 23.7 Å². The Labute approximate surface area is 183 Å². The molecule has 14 rings (SSSR count). The molecule has 6 unspecified atom stereocenters. The van der Waals surface area contributed by atoms with Crippen molar-refractivity contribution in [2.75, 3.05) is 39.3 Å². The lowest BCUT2D eigenvalue weighted by Gasteiger charge is -2.25. The summed E-state index contributed by atoms with van der Waals surface area (Å²) in [6, 6.07) is 1.88. The van der Waals surface area contributed by atoms with Crippen molar-refractivity contribution in [3.8, 4) is 0 Å². The van der Waals surface area contributed by atoms with E-state index < -0.39 is 0 Å². The van der Waals surface area contributed by atoms with Crippen LogP contribution >= 0.6 is 0 Å². The molecule has 0 aromatic heterocycles. The third-order valence-corrected chi connectivity index (χ3v) is 9.15. The zero-order valence-corrected chi connectivity index (χ0v) is 18.8. The molecule has 10 heterocycles. The first-order valence-corrected chi connectivity index (χ1v) is 13.2. The van der Waals surface area contributed by atoms with Gasteiger partial charge in [0.15, 0.2) is 0 Å². The van der Waals surface area contributed by atoms with Crippen LogP contribution < -0.4 is 10.6 Å². The Balaban J connectivity index is 0.0000000729. The van der Waals surface area contributed by atoms with Crippen LogP contribution in [-0.2, 0) is 9.47 Å². The first kappa shape index (κ1) is 20.4. The minimum absolute atomic E-state index is 0.690. The maximum atomic E-state index is 5.25. The summed E-state index contributed by atoms with van der Waals surface area (Å²) in [4.78, 5) is 2.50. The molecule has 0 radical (unpaired) electrons. The Kier molecular flexibility index (Phi) is 6.11. The van der Waals surface area contributed by atoms with Crippen LogP contribution in [0.5, 0.6) is 0 Å². The van der Waals surface area contributed by atoms with Gasteiger partial charge >= 0.3 is 0 Å². The highest BCUT2D eigenvalue weighted by atomic mass is 16.5. The molecule has 0 amide bonds. The van der Waals surface area contributed by atoms with Crippen molar-refractivity contribution in [3.63, 3.8) is 0 Å². The standard InChI is InChI=1S/3C5H9N.2C5H8O/c1-4-2-6-3-5(1)4;1-2-6-3-5(1)4-6;1-2-5-3-4(1)6-5;1-4-2-5(1)6-3-4;1-2-5-3-4(1)6-5/h4-6H,1-3H2;5H,1-4H2;4-6H,1-3H2;2*4-5H,1-3H2. The predicted molar refractivity (Wildman–Crippen MR) is 119 cm³/mol. The molecule has 0 spiro atoms. The molecule has 4 aliphatic carbocycles. The first-order chi connectivity index (χ1) is 14.8. The second kappa shape index (κ2) is 8.97. The average Bonchev–Trinajstić information content (AvgIpc) is 3.47. The van der Waals surface area contributed by atoms with Crippen molar-refractivity contribution in [2.45, 2.75) is 94.6 Å². The van der Waals surface area contributed by atoms with E-state index >= 15 is 0 Å².